The van der Waals surface area contributed by atoms with Gasteiger partial charge < -0.3 is 14.4 Å². The average molecular weight is 339 g/mol. The molecule has 0 atom stereocenters. The maximum Gasteiger partial charge on any atom is 0.258 e. The van der Waals surface area contributed by atoms with Gasteiger partial charge in [0, 0.05) is 30.3 Å². The van der Waals surface area contributed by atoms with Crippen LogP contribution in [0.15, 0.2) is 60.7 Å². The van der Waals surface area contributed by atoms with Gasteiger partial charge in [-0.05, 0) is 24.6 Å². The molecule has 5 nitrogen and oxygen atoms in total. The molecule has 0 heterocycles. The number of rotatable bonds is 8. The molecule has 0 saturated heterocycles. The molecule has 0 fully saturated rings. The number of benzene rings is 2. The van der Waals surface area contributed by atoms with E-state index in [1.807, 2.05) is 18.2 Å². The van der Waals surface area contributed by atoms with Crippen LogP contribution in [0.1, 0.15) is 16.8 Å². The van der Waals surface area contributed by atoms with Crippen LogP contribution in [0, 0.1) is 0 Å². The highest BCUT2D eigenvalue weighted by Crippen LogP contribution is 2.29. The molecule has 130 valence electrons. The van der Waals surface area contributed by atoms with Crippen LogP contribution in [0.4, 0.5) is 5.69 Å². The first-order valence-corrected chi connectivity index (χ1v) is 7.90. The van der Waals surface area contributed by atoms with Crippen molar-refractivity contribution in [1.82, 2.24) is 0 Å². The lowest BCUT2D eigenvalue weighted by Crippen LogP contribution is -2.31. The van der Waals surface area contributed by atoms with Crippen molar-refractivity contribution in [2.24, 2.45) is 0 Å². The molecule has 0 unspecified atom stereocenters. The molecular weight excluding hydrogens is 318 g/mol. The van der Waals surface area contributed by atoms with E-state index in [1.54, 1.807) is 55.5 Å². The molecule has 0 aliphatic rings. The van der Waals surface area contributed by atoms with Crippen LogP contribution in [0.5, 0.6) is 11.5 Å². The fourth-order valence-corrected chi connectivity index (χ4v) is 2.39. The van der Waals surface area contributed by atoms with E-state index in [-0.39, 0.29) is 5.91 Å². The first-order chi connectivity index (χ1) is 12.2. The average Bonchev–Trinajstić information content (AvgIpc) is 2.67. The van der Waals surface area contributed by atoms with Crippen LogP contribution in [0.25, 0.3) is 0 Å². The van der Waals surface area contributed by atoms with Gasteiger partial charge in [-0.25, -0.2) is 0 Å². The summed E-state index contributed by atoms with van der Waals surface area (Å²) in [7, 11) is 3.13. The smallest absolute Gasteiger partial charge is 0.258 e. The van der Waals surface area contributed by atoms with Gasteiger partial charge in [-0.3, -0.25) is 9.59 Å². The first-order valence-electron chi connectivity index (χ1n) is 7.90. The van der Waals surface area contributed by atoms with Gasteiger partial charge in [0.15, 0.2) is 0 Å². The largest absolute Gasteiger partial charge is 0.497 e. The topological polar surface area (TPSA) is 55.8 Å². The number of amides is 1. The molecule has 0 aliphatic carbocycles. The Kier molecular flexibility index (Phi) is 6.77. The molecule has 0 N–H and O–H groups in total. The van der Waals surface area contributed by atoms with Crippen molar-refractivity contribution in [2.75, 3.05) is 25.7 Å². The summed E-state index contributed by atoms with van der Waals surface area (Å²) in [5.74, 6) is 1.07. The third-order valence-corrected chi connectivity index (χ3v) is 3.65. The minimum Gasteiger partial charge on any atom is -0.497 e. The highest BCUT2D eigenvalue weighted by Gasteiger charge is 2.18. The molecule has 0 aromatic heterocycles. The van der Waals surface area contributed by atoms with Crippen molar-refractivity contribution < 1.29 is 19.1 Å². The molecule has 0 radical (unpaired) electrons. The number of hydrogen-bond acceptors (Lipinski definition) is 4. The fraction of sp³-hybridized carbons (Fsp3) is 0.200. The Hall–Kier alpha value is -3.08. The molecular formula is C20H21NO4. The quantitative estimate of drug-likeness (QED) is 0.546. The predicted octanol–water partition coefficient (Wildman–Crippen LogP) is 3.50. The van der Waals surface area contributed by atoms with Crippen LogP contribution >= 0.6 is 0 Å². The highest BCUT2D eigenvalue weighted by molar-refractivity contribution is 6.06. The fourth-order valence-electron chi connectivity index (χ4n) is 2.39. The summed E-state index contributed by atoms with van der Waals surface area (Å²) in [4.78, 5) is 25.0. The molecule has 0 aliphatic heterocycles. The van der Waals surface area contributed by atoms with Crippen LogP contribution in [-0.2, 0) is 4.79 Å². The van der Waals surface area contributed by atoms with Gasteiger partial charge in [-0.2, -0.15) is 0 Å². The van der Waals surface area contributed by atoms with E-state index in [0.717, 1.165) is 6.29 Å². The normalized spacial score (nSPS) is 10.5. The second-order valence-electron chi connectivity index (χ2n) is 5.25. The van der Waals surface area contributed by atoms with Gasteiger partial charge in [-0.1, -0.05) is 24.3 Å². The standard InChI is InChI=1S/C20H21NO4/c1-24-18-13-17(14-19(15-18)25-2)21(11-7-4-8-12-22)20(23)16-9-5-3-6-10-16/h3-6,8-10,12-15H,7,11H2,1-2H3/b8-4+. The lowest BCUT2D eigenvalue weighted by atomic mass is 10.1. The number of nitrogens with zero attached hydrogens (tertiary/aromatic N) is 1. The van der Waals surface area contributed by atoms with E-state index in [4.69, 9.17) is 9.47 Å². The third kappa shape index (κ3) is 4.94. The van der Waals surface area contributed by atoms with Gasteiger partial charge in [0.1, 0.15) is 17.8 Å². The monoisotopic (exact) mass is 339 g/mol. The molecule has 2 aromatic carbocycles. The third-order valence-electron chi connectivity index (χ3n) is 3.65. The number of aldehydes is 1. The first kappa shape index (κ1) is 18.3. The van der Waals surface area contributed by atoms with E-state index in [1.165, 1.54) is 6.08 Å². The minimum atomic E-state index is -0.129. The summed E-state index contributed by atoms with van der Waals surface area (Å²) in [6.45, 7) is 0.425. The SMILES string of the molecule is COc1cc(OC)cc(N(CC/C=C/C=O)C(=O)c2ccccc2)c1. The summed E-state index contributed by atoms with van der Waals surface area (Å²) in [6.07, 6.45) is 4.43. The van der Waals surface area contributed by atoms with Crippen molar-refractivity contribution in [3.63, 3.8) is 0 Å². The predicted molar refractivity (Wildman–Crippen MR) is 97.5 cm³/mol. The number of carbonyl (C=O) groups is 2. The van der Waals surface area contributed by atoms with Crippen LogP contribution in [0.3, 0.4) is 0 Å². The van der Waals surface area contributed by atoms with Crippen molar-refractivity contribution in [2.45, 2.75) is 6.42 Å². The Morgan fingerprint density at radius 3 is 2.24 bits per heavy atom. The van der Waals surface area contributed by atoms with Crippen LogP contribution in [-0.4, -0.2) is 33.0 Å². The molecule has 1 amide bonds. The maximum atomic E-state index is 13.0. The van der Waals surface area contributed by atoms with Crippen LogP contribution < -0.4 is 14.4 Å². The second-order valence-corrected chi connectivity index (χ2v) is 5.25. The zero-order valence-electron chi connectivity index (χ0n) is 14.3. The van der Waals surface area contributed by atoms with E-state index in [0.29, 0.717) is 35.7 Å². The molecule has 0 saturated carbocycles. The molecule has 0 spiro atoms. The summed E-state index contributed by atoms with van der Waals surface area (Å²) >= 11 is 0. The van der Waals surface area contributed by atoms with E-state index < -0.39 is 0 Å². The maximum absolute atomic E-state index is 13.0. The zero-order chi connectivity index (χ0) is 18.1. The zero-order valence-corrected chi connectivity index (χ0v) is 14.3. The summed E-state index contributed by atoms with van der Waals surface area (Å²) in [5.41, 5.74) is 1.26. The Balaban J connectivity index is 2.38. The Bertz CT molecular complexity index is 718. The number of hydrogen-bond donors (Lipinski definition) is 0. The lowest BCUT2D eigenvalue weighted by Gasteiger charge is -2.23. The van der Waals surface area contributed by atoms with Crippen molar-refractivity contribution in [3.05, 3.63) is 66.2 Å². The molecule has 5 heteroatoms. The Morgan fingerprint density at radius 1 is 1.04 bits per heavy atom. The van der Waals surface area contributed by atoms with Gasteiger partial charge in [0.2, 0.25) is 0 Å². The van der Waals surface area contributed by atoms with Crippen molar-refractivity contribution >= 4 is 17.9 Å². The number of methoxy groups -OCH3 is 2. The van der Waals surface area contributed by atoms with Gasteiger partial charge >= 0.3 is 0 Å². The number of ether oxygens (including phenoxy) is 2. The van der Waals surface area contributed by atoms with Crippen molar-refractivity contribution in [1.29, 1.82) is 0 Å². The summed E-state index contributed by atoms with van der Waals surface area (Å²) in [5, 5.41) is 0. The Labute approximate surface area is 147 Å². The summed E-state index contributed by atoms with van der Waals surface area (Å²) < 4.78 is 10.6. The van der Waals surface area contributed by atoms with E-state index >= 15 is 0 Å². The highest BCUT2D eigenvalue weighted by atomic mass is 16.5. The molecule has 25 heavy (non-hydrogen) atoms. The number of allylic oxidation sites excluding steroid dienone is 1. The van der Waals surface area contributed by atoms with Crippen LogP contribution in [0.2, 0.25) is 0 Å². The van der Waals surface area contributed by atoms with Gasteiger partial charge in [0.25, 0.3) is 5.91 Å². The van der Waals surface area contributed by atoms with Crippen molar-refractivity contribution in [3.8, 4) is 11.5 Å². The Morgan fingerprint density at radius 2 is 1.68 bits per heavy atom. The second kappa shape index (κ2) is 9.27. The van der Waals surface area contributed by atoms with Gasteiger partial charge in [-0.15, -0.1) is 0 Å². The molecule has 2 rings (SSSR count). The molecule has 0 bridgehead atoms. The van der Waals surface area contributed by atoms with E-state index in [2.05, 4.69) is 0 Å². The molecule has 2 aromatic rings. The number of carbonyl (C=O) groups excluding carboxylic acids is 2. The minimum absolute atomic E-state index is 0.129. The summed E-state index contributed by atoms with van der Waals surface area (Å²) in [6, 6.07) is 14.4. The van der Waals surface area contributed by atoms with E-state index in [9.17, 15) is 9.59 Å². The number of anilines is 1. The lowest BCUT2D eigenvalue weighted by molar-refractivity contribution is -0.104. The van der Waals surface area contributed by atoms with Gasteiger partial charge in [0.05, 0.1) is 19.9 Å².